The highest BCUT2D eigenvalue weighted by Crippen LogP contribution is 2.23. The van der Waals surface area contributed by atoms with E-state index in [2.05, 4.69) is 15.2 Å². The average Bonchev–Trinajstić information content (AvgIpc) is 3.14. The van der Waals surface area contributed by atoms with Gasteiger partial charge in [-0.2, -0.15) is 4.98 Å². The Morgan fingerprint density at radius 1 is 1.07 bits per heavy atom. The molecule has 0 saturated carbocycles. The van der Waals surface area contributed by atoms with Crippen LogP contribution in [0.5, 0.6) is 5.75 Å². The summed E-state index contributed by atoms with van der Waals surface area (Å²) in [6, 6.07) is 7.19. The molecule has 1 aromatic carbocycles. The summed E-state index contributed by atoms with van der Waals surface area (Å²) < 4.78 is 7.06. The first-order valence-electron chi connectivity index (χ1n) is 13.9. The highest BCUT2D eigenvalue weighted by Gasteiger charge is 2.31. The first-order chi connectivity index (χ1) is 19.0. The number of nitrogens with zero attached hydrogens (tertiary/aromatic N) is 5. The summed E-state index contributed by atoms with van der Waals surface area (Å²) in [7, 11) is 1.62. The molecule has 0 aliphatic carbocycles. The van der Waals surface area contributed by atoms with Gasteiger partial charge in [-0.3, -0.25) is 14.7 Å². The Kier molecular flexibility index (Phi) is 9.44. The van der Waals surface area contributed by atoms with Crippen molar-refractivity contribution in [1.29, 1.82) is 0 Å². The minimum absolute atomic E-state index is 0.148. The number of likely N-dealkylation sites (tertiary alicyclic amines) is 1. The van der Waals surface area contributed by atoms with Crippen LogP contribution in [-0.2, 0) is 11.2 Å². The fourth-order valence-corrected chi connectivity index (χ4v) is 5.15. The summed E-state index contributed by atoms with van der Waals surface area (Å²) in [5.74, 6) is 0.725. The number of piperazine rings is 1. The molecule has 0 spiro atoms. The van der Waals surface area contributed by atoms with Crippen LogP contribution in [0.15, 0.2) is 35.3 Å². The largest absolute Gasteiger partial charge is 0.496 e. The molecule has 218 valence electrons. The number of ether oxygens (including phenoxy) is 1. The smallest absolute Gasteiger partial charge is 0.354 e. The third-order valence-electron chi connectivity index (χ3n) is 7.56. The summed E-state index contributed by atoms with van der Waals surface area (Å²) >= 11 is 0. The van der Waals surface area contributed by atoms with Gasteiger partial charge >= 0.3 is 11.7 Å². The molecule has 1 unspecified atom stereocenters. The van der Waals surface area contributed by atoms with Gasteiger partial charge in [0.1, 0.15) is 11.6 Å². The number of nitrogens with two attached hydrogens (primary N) is 2. The number of nitrogens with one attached hydrogen (secondary N) is 1. The highest BCUT2D eigenvalue weighted by atomic mass is 16.5. The summed E-state index contributed by atoms with van der Waals surface area (Å²) in [5.41, 5.74) is 12.2. The van der Waals surface area contributed by atoms with Crippen LogP contribution < -0.4 is 27.2 Å². The monoisotopic (exact) mass is 554 g/mol. The number of carbonyl (C=O) groups excluding carboxylic acids is 2. The molecule has 40 heavy (non-hydrogen) atoms. The van der Waals surface area contributed by atoms with E-state index in [0.29, 0.717) is 43.7 Å². The van der Waals surface area contributed by atoms with Gasteiger partial charge in [0.25, 0.3) is 0 Å². The zero-order valence-electron chi connectivity index (χ0n) is 23.8. The van der Waals surface area contributed by atoms with Crippen molar-refractivity contribution in [3.05, 3.63) is 46.5 Å². The molecule has 12 nitrogen and oxygen atoms in total. The highest BCUT2D eigenvalue weighted by molar-refractivity contribution is 5.89. The lowest BCUT2D eigenvalue weighted by Gasteiger charge is -2.37. The van der Waals surface area contributed by atoms with Crippen molar-refractivity contribution in [3.63, 3.8) is 0 Å². The lowest BCUT2D eigenvalue weighted by atomic mass is 10.1. The molecule has 5 N–H and O–H groups in total. The van der Waals surface area contributed by atoms with E-state index >= 15 is 0 Å². The predicted octanol–water partition coefficient (Wildman–Crippen LogP) is 1.01. The fraction of sp³-hybridized carbons (Fsp3) is 0.571. The van der Waals surface area contributed by atoms with Crippen LogP contribution in [0.25, 0.3) is 5.69 Å². The number of hydrogen-bond donors (Lipinski definition) is 3. The maximum Gasteiger partial charge on any atom is 0.354 e. The minimum atomic E-state index is -0.954. The Morgan fingerprint density at radius 3 is 2.48 bits per heavy atom. The van der Waals surface area contributed by atoms with Gasteiger partial charge in [0, 0.05) is 51.0 Å². The molecular formula is C28H42N8O4. The maximum absolute atomic E-state index is 12.9. The van der Waals surface area contributed by atoms with Gasteiger partial charge in [0.05, 0.1) is 18.3 Å². The molecule has 12 heteroatoms. The van der Waals surface area contributed by atoms with Crippen molar-refractivity contribution in [1.82, 2.24) is 24.3 Å². The third kappa shape index (κ3) is 7.38. The zero-order chi connectivity index (χ0) is 28.9. The molecular weight excluding hydrogens is 512 g/mol. The van der Waals surface area contributed by atoms with E-state index in [0.717, 1.165) is 50.9 Å². The minimum Gasteiger partial charge on any atom is -0.496 e. The molecule has 2 aliphatic heterocycles. The quantitative estimate of drug-likeness (QED) is 0.459. The van der Waals surface area contributed by atoms with Gasteiger partial charge in [-0.1, -0.05) is 6.07 Å². The molecule has 1 aromatic heterocycles. The van der Waals surface area contributed by atoms with Gasteiger partial charge < -0.3 is 30.9 Å². The standard InChI is InChI=1S/C28H42N8O4/c1-28(2,30)25(37)34-15-17-35(18-16-34)26(38)31-24-10-14-36(27(39)32-24)22-7-6-20(23(19-22)40-3)8-12-33-11-4-5-21(29)9-13-33/h6-7,10,14,19,21H,4-5,8-9,11-13,15-18,29-30H2,1-3H3,(H,31,32,38,39). The van der Waals surface area contributed by atoms with Crippen LogP contribution in [0.4, 0.5) is 10.6 Å². The number of methoxy groups -OCH3 is 1. The van der Waals surface area contributed by atoms with Crippen LogP contribution in [0.2, 0.25) is 0 Å². The van der Waals surface area contributed by atoms with Crippen molar-refractivity contribution in [2.45, 2.75) is 51.1 Å². The van der Waals surface area contributed by atoms with Gasteiger partial charge in [0.15, 0.2) is 0 Å². The number of benzene rings is 1. The average molecular weight is 555 g/mol. The van der Waals surface area contributed by atoms with Crippen molar-refractivity contribution >= 4 is 17.8 Å². The summed E-state index contributed by atoms with van der Waals surface area (Å²) in [6.45, 7) is 7.84. The molecule has 2 aliphatic rings. The van der Waals surface area contributed by atoms with E-state index < -0.39 is 11.2 Å². The van der Waals surface area contributed by atoms with Gasteiger partial charge in [-0.15, -0.1) is 0 Å². The van der Waals surface area contributed by atoms with E-state index in [1.54, 1.807) is 43.0 Å². The van der Waals surface area contributed by atoms with E-state index in [-0.39, 0.29) is 17.8 Å². The molecule has 2 fully saturated rings. The van der Waals surface area contributed by atoms with Gasteiger partial charge in [0.2, 0.25) is 5.91 Å². The van der Waals surface area contributed by atoms with Crippen LogP contribution in [0.3, 0.4) is 0 Å². The number of anilines is 1. The lowest BCUT2D eigenvalue weighted by molar-refractivity contribution is -0.137. The molecule has 3 amide bonds. The van der Waals surface area contributed by atoms with Crippen LogP contribution in [0.1, 0.15) is 38.7 Å². The molecule has 2 saturated heterocycles. The number of carbonyl (C=O) groups is 2. The third-order valence-corrected chi connectivity index (χ3v) is 7.56. The fourth-order valence-electron chi connectivity index (χ4n) is 5.15. The molecule has 0 radical (unpaired) electrons. The summed E-state index contributed by atoms with van der Waals surface area (Å²) in [6.07, 6.45) is 5.64. The number of amides is 3. The lowest BCUT2D eigenvalue weighted by Crippen LogP contribution is -2.58. The Morgan fingerprint density at radius 2 is 1.80 bits per heavy atom. The summed E-state index contributed by atoms with van der Waals surface area (Å²) in [5, 5.41) is 2.69. The van der Waals surface area contributed by atoms with E-state index in [1.165, 1.54) is 4.57 Å². The Bertz CT molecular complexity index is 1250. The SMILES string of the molecule is COc1cc(-n2ccc(NC(=O)N3CCN(C(=O)C(C)(C)N)CC3)nc2=O)ccc1CCN1CCCC(N)CC1. The first kappa shape index (κ1) is 29.5. The number of urea groups is 1. The topological polar surface area (TPSA) is 152 Å². The van der Waals surface area contributed by atoms with Gasteiger partial charge in [-0.25, -0.2) is 9.59 Å². The molecule has 1 atom stereocenters. The maximum atomic E-state index is 12.9. The molecule has 0 bridgehead atoms. The zero-order valence-corrected chi connectivity index (χ0v) is 23.8. The molecule has 4 rings (SSSR count). The van der Waals surface area contributed by atoms with Crippen molar-refractivity contribution < 1.29 is 14.3 Å². The van der Waals surface area contributed by atoms with Crippen LogP contribution in [0, 0.1) is 0 Å². The second-order valence-electron chi connectivity index (χ2n) is 11.2. The van der Waals surface area contributed by atoms with Crippen molar-refractivity contribution in [3.8, 4) is 11.4 Å². The molecule has 2 aromatic rings. The number of aromatic nitrogens is 2. The van der Waals surface area contributed by atoms with E-state index in [4.69, 9.17) is 16.2 Å². The normalized spacial score (nSPS) is 18.8. The predicted molar refractivity (Wildman–Crippen MR) is 154 cm³/mol. The van der Waals surface area contributed by atoms with Crippen LogP contribution in [-0.4, -0.2) is 101 Å². The van der Waals surface area contributed by atoms with Crippen molar-refractivity contribution in [2.75, 3.05) is 58.2 Å². The Balaban J connectivity index is 1.36. The van der Waals surface area contributed by atoms with E-state index in [1.807, 2.05) is 18.2 Å². The van der Waals surface area contributed by atoms with Crippen LogP contribution >= 0.6 is 0 Å². The number of rotatable bonds is 7. The summed E-state index contributed by atoms with van der Waals surface area (Å²) in [4.78, 5) is 47.7. The van der Waals surface area contributed by atoms with Gasteiger partial charge in [-0.05, 0) is 70.3 Å². The van der Waals surface area contributed by atoms with Crippen molar-refractivity contribution in [2.24, 2.45) is 11.5 Å². The number of hydrogen-bond acceptors (Lipinski definition) is 8. The Hall–Kier alpha value is -3.48. The first-order valence-corrected chi connectivity index (χ1v) is 13.9. The second-order valence-corrected chi connectivity index (χ2v) is 11.2. The Labute approximate surface area is 235 Å². The molecule has 3 heterocycles. The van der Waals surface area contributed by atoms with E-state index in [9.17, 15) is 14.4 Å². The second kappa shape index (κ2) is 12.8.